The van der Waals surface area contributed by atoms with E-state index in [1.807, 2.05) is 26.8 Å². The molecular formula is C11H14N2O. The average molecular weight is 190 g/mol. The van der Waals surface area contributed by atoms with Crippen molar-refractivity contribution in [1.82, 2.24) is 9.97 Å². The number of ether oxygens (including phenoxy) is 1. The Morgan fingerprint density at radius 2 is 2.21 bits per heavy atom. The lowest BCUT2D eigenvalue weighted by molar-refractivity contribution is 0.0554. The minimum absolute atomic E-state index is 0.315. The molecule has 0 aliphatic carbocycles. The van der Waals surface area contributed by atoms with E-state index in [-0.39, 0.29) is 5.60 Å². The van der Waals surface area contributed by atoms with Crippen LogP contribution in [0.3, 0.4) is 0 Å². The zero-order chi connectivity index (χ0) is 10.2. The number of hydrogen-bond donors (Lipinski definition) is 0. The summed E-state index contributed by atoms with van der Waals surface area (Å²) in [5.74, 6) is 0. The van der Waals surface area contributed by atoms with E-state index in [2.05, 4.69) is 9.97 Å². The molecule has 0 saturated heterocycles. The van der Waals surface area contributed by atoms with Crippen molar-refractivity contribution in [3.05, 3.63) is 35.6 Å². The summed E-state index contributed by atoms with van der Waals surface area (Å²) in [5, 5.41) is 0. The minimum atomic E-state index is -0.315. The summed E-state index contributed by atoms with van der Waals surface area (Å²) in [7, 11) is 0. The second kappa shape index (κ2) is 3.08. The molecule has 0 aromatic carbocycles. The van der Waals surface area contributed by atoms with Gasteiger partial charge in [0.25, 0.3) is 0 Å². The number of aromatic nitrogens is 2. The number of aryl methyl sites for hydroxylation is 2. The molecule has 0 amide bonds. The van der Waals surface area contributed by atoms with Gasteiger partial charge in [0.05, 0.1) is 17.6 Å². The van der Waals surface area contributed by atoms with E-state index in [0.29, 0.717) is 0 Å². The quantitative estimate of drug-likeness (QED) is 0.681. The lowest BCUT2D eigenvalue weighted by atomic mass is 9.97. The average Bonchev–Trinajstić information content (AvgIpc) is 2.52. The van der Waals surface area contributed by atoms with Crippen LogP contribution in [0.4, 0.5) is 0 Å². The molecule has 1 aliphatic rings. The Morgan fingerprint density at radius 3 is 2.79 bits per heavy atom. The Bertz CT molecular complexity index is 377. The topological polar surface area (TPSA) is 35.0 Å². The first kappa shape index (κ1) is 9.19. The Kier molecular flexibility index (Phi) is 2.02. The van der Waals surface area contributed by atoms with E-state index in [0.717, 1.165) is 23.5 Å². The molecule has 0 spiro atoms. The molecule has 0 fully saturated rings. The standard InChI is InChI=1S/C11H14N2O/c1-8-7-12-10(9(2)13-8)11(3)5-4-6-14-11/h4,6-7H,5H2,1-3H3/t11-/m1/s1. The monoisotopic (exact) mass is 190 g/mol. The zero-order valence-electron chi connectivity index (χ0n) is 8.74. The van der Waals surface area contributed by atoms with Gasteiger partial charge in [0.15, 0.2) is 5.60 Å². The summed E-state index contributed by atoms with van der Waals surface area (Å²) in [5.41, 5.74) is 2.52. The number of nitrogens with zero attached hydrogens (tertiary/aromatic N) is 2. The van der Waals surface area contributed by atoms with Crippen molar-refractivity contribution in [2.45, 2.75) is 32.8 Å². The predicted octanol–water partition coefficient (Wildman–Crippen LogP) is 2.24. The van der Waals surface area contributed by atoms with Crippen molar-refractivity contribution < 1.29 is 4.74 Å². The molecule has 0 unspecified atom stereocenters. The van der Waals surface area contributed by atoms with Gasteiger partial charge in [0, 0.05) is 12.6 Å². The molecule has 3 nitrogen and oxygen atoms in total. The molecule has 2 heterocycles. The zero-order valence-corrected chi connectivity index (χ0v) is 8.74. The van der Waals surface area contributed by atoms with E-state index < -0.39 is 0 Å². The van der Waals surface area contributed by atoms with Gasteiger partial charge in [-0.2, -0.15) is 0 Å². The van der Waals surface area contributed by atoms with Crippen LogP contribution in [-0.4, -0.2) is 9.97 Å². The van der Waals surface area contributed by atoms with Crippen LogP contribution in [0.2, 0.25) is 0 Å². The molecule has 2 rings (SSSR count). The smallest absolute Gasteiger partial charge is 0.152 e. The molecule has 3 heteroatoms. The SMILES string of the molecule is Cc1cnc([C@@]2(C)CC=CO2)c(C)n1. The van der Waals surface area contributed by atoms with E-state index >= 15 is 0 Å². The van der Waals surface area contributed by atoms with Gasteiger partial charge in [0.1, 0.15) is 5.69 Å². The lowest BCUT2D eigenvalue weighted by Gasteiger charge is -2.24. The third-order valence-electron chi connectivity index (χ3n) is 2.50. The molecule has 0 bridgehead atoms. The Balaban J connectivity index is 2.41. The Labute approximate surface area is 83.8 Å². The molecule has 14 heavy (non-hydrogen) atoms. The van der Waals surface area contributed by atoms with Crippen LogP contribution in [0.1, 0.15) is 30.4 Å². The highest BCUT2D eigenvalue weighted by Gasteiger charge is 2.33. The van der Waals surface area contributed by atoms with E-state index in [1.165, 1.54) is 0 Å². The Hall–Kier alpha value is -1.38. The maximum Gasteiger partial charge on any atom is 0.152 e. The summed E-state index contributed by atoms with van der Waals surface area (Å²) in [6.45, 7) is 5.96. The van der Waals surface area contributed by atoms with Crippen LogP contribution in [0.5, 0.6) is 0 Å². The lowest BCUT2D eigenvalue weighted by Crippen LogP contribution is -2.23. The normalized spacial score (nSPS) is 25.1. The third-order valence-corrected chi connectivity index (χ3v) is 2.50. The largest absolute Gasteiger partial charge is 0.489 e. The van der Waals surface area contributed by atoms with E-state index in [4.69, 9.17) is 4.74 Å². The van der Waals surface area contributed by atoms with Crippen molar-refractivity contribution in [1.29, 1.82) is 0 Å². The molecule has 0 saturated carbocycles. The summed E-state index contributed by atoms with van der Waals surface area (Å²) < 4.78 is 5.56. The molecule has 74 valence electrons. The van der Waals surface area contributed by atoms with Gasteiger partial charge in [-0.3, -0.25) is 9.97 Å². The van der Waals surface area contributed by atoms with E-state index in [1.54, 1.807) is 12.5 Å². The van der Waals surface area contributed by atoms with Gasteiger partial charge in [-0.05, 0) is 26.8 Å². The summed E-state index contributed by atoms with van der Waals surface area (Å²) in [6.07, 6.45) is 6.41. The molecule has 1 aromatic heterocycles. The van der Waals surface area contributed by atoms with Crippen LogP contribution >= 0.6 is 0 Å². The summed E-state index contributed by atoms with van der Waals surface area (Å²) in [4.78, 5) is 8.80. The first-order valence-electron chi connectivity index (χ1n) is 4.75. The van der Waals surface area contributed by atoms with Crippen molar-refractivity contribution in [3.63, 3.8) is 0 Å². The van der Waals surface area contributed by atoms with Gasteiger partial charge in [-0.15, -0.1) is 0 Å². The van der Waals surface area contributed by atoms with Crippen LogP contribution in [0.15, 0.2) is 18.5 Å². The summed E-state index contributed by atoms with van der Waals surface area (Å²) >= 11 is 0. The first-order valence-corrected chi connectivity index (χ1v) is 4.75. The van der Waals surface area contributed by atoms with Crippen molar-refractivity contribution >= 4 is 0 Å². The molecule has 1 aromatic rings. The predicted molar refractivity (Wildman–Crippen MR) is 53.7 cm³/mol. The van der Waals surface area contributed by atoms with Crippen LogP contribution in [-0.2, 0) is 10.3 Å². The Morgan fingerprint density at radius 1 is 1.43 bits per heavy atom. The van der Waals surface area contributed by atoms with Crippen LogP contribution in [0, 0.1) is 13.8 Å². The fourth-order valence-corrected chi connectivity index (χ4v) is 1.79. The fourth-order valence-electron chi connectivity index (χ4n) is 1.79. The molecular weight excluding hydrogens is 176 g/mol. The molecule has 0 N–H and O–H groups in total. The molecule has 0 radical (unpaired) electrons. The number of hydrogen-bond acceptors (Lipinski definition) is 3. The van der Waals surface area contributed by atoms with Gasteiger partial charge < -0.3 is 4.74 Å². The van der Waals surface area contributed by atoms with Gasteiger partial charge in [-0.1, -0.05) is 0 Å². The van der Waals surface area contributed by atoms with Gasteiger partial charge >= 0.3 is 0 Å². The van der Waals surface area contributed by atoms with Crippen molar-refractivity contribution in [2.24, 2.45) is 0 Å². The maximum absolute atomic E-state index is 5.56. The molecule has 1 atom stereocenters. The maximum atomic E-state index is 5.56. The summed E-state index contributed by atoms with van der Waals surface area (Å²) in [6, 6.07) is 0. The van der Waals surface area contributed by atoms with Crippen molar-refractivity contribution in [2.75, 3.05) is 0 Å². The van der Waals surface area contributed by atoms with Gasteiger partial charge in [0.2, 0.25) is 0 Å². The number of rotatable bonds is 1. The second-order valence-electron chi connectivity index (χ2n) is 3.87. The van der Waals surface area contributed by atoms with Crippen LogP contribution < -0.4 is 0 Å². The molecule has 1 aliphatic heterocycles. The van der Waals surface area contributed by atoms with Crippen LogP contribution in [0.25, 0.3) is 0 Å². The third kappa shape index (κ3) is 1.39. The second-order valence-corrected chi connectivity index (χ2v) is 3.87. The van der Waals surface area contributed by atoms with Gasteiger partial charge in [-0.25, -0.2) is 0 Å². The highest BCUT2D eigenvalue weighted by atomic mass is 16.5. The highest BCUT2D eigenvalue weighted by Crippen LogP contribution is 2.33. The fraction of sp³-hybridized carbons (Fsp3) is 0.455. The highest BCUT2D eigenvalue weighted by molar-refractivity contribution is 5.21. The minimum Gasteiger partial charge on any atom is -0.489 e. The van der Waals surface area contributed by atoms with Crippen molar-refractivity contribution in [3.8, 4) is 0 Å². The first-order chi connectivity index (χ1) is 6.62. The van der Waals surface area contributed by atoms with E-state index in [9.17, 15) is 0 Å².